The second-order valence-electron chi connectivity index (χ2n) is 8.59. The molecule has 0 unspecified atom stereocenters. The van der Waals surface area contributed by atoms with Gasteiger partial charge in [-0.15, -0.1) is 0 Å². The normalized spacial score (nSPS) is 23.7. The minimum Gasteiger partial charge on any atom is -0.383 e. The maximum Gasteiger partial charge on any atom is 0.264 e. The molecule has 1 saturated heterocycles. The number of halogens is 2. The van der Waals surface area contributed by atoms with Crippen molar-refractivity contribution in [2.75, 3.05) is 23.7 Å². The molecule has 0 radical (unpaired) electrons. The van der Waals surface area contributed by atoms with Crippen LogP contribution in [0.4, 0.5) is 20.5 Å². The first kappa shape index (κ1) is 19.8. The molecule has 1 saturated carbocycles. The SMILES string of the molecule is C[C@@H]1CCC2(CCN(c3nc(N)c(-c4cc(F)cc(F)c4)c(=O)n3C)CC2)[C@@H]1N. The lowest BCUT2D eigenvalue weighted by Crippen LogP contribution is -2.49. The average Bonchev–Trinajstić information content (AvgIpc) is 2.94. The first-order valence-corrected chi connectivity index (χ1v) is 10.1. The van der Waals surface area contributed by atoms with Crippen molar-refractivity contribution >= 4 is 11.8 Å². The van der Waals surface area contributed by atoms with E-state index in [1.54, 1.807) is 7.05 Å². The molecule has 2 atom stereocenters. The molecular formula is C21H27F2N5O. The summed E-state index contributed by atoms with van der Waals surface area (Å²) in [7, 11) is 1.61. The number of rotatable bonds is 2. The van der Waals surface area contributed by atoms with Gasteiger partial charge in [-0.05, 0) is 54.7 Å². The van der Waals surface area contributed by atoms with Crippen LogP contribution in [0.3, 0.4) is 0 Å². The van der Waals surface area contributed by atoms with Gasteiger partial charge in [0.05, 0.1) is 5.56 Å². The molecule has 1 aromatic heterocycles. The lowest BCUT2D eigenvalue weighted by Gasteiger charge is -2.43. The van der Waals surface area contributed by atoms with Crippen LogP contribution >= 0.6 is 0 Å². The van der Waals surface area contributed by atoms with Gasteiger partial charge in [0, 0.05) is 32.2 Å². The maximum absolute atomic E-state index is 13.6. The molecule has 6 nitrogen and oxygen atoms in total. The molecule has 1 spiro atoms. The molecule has 0 bridgehead atoms. The van der Waals surface area contributed by atoms with Crippen LogP contribution in [0, 0.1) is 23.0 Å². The monoisotopic (exact) mass is 403 g/mol. The van der Waals surface area contributed by atoms with Crippen molar-refractivity contribution < 1.29 is 8.78 Å². The lowest BCUT2D eigenvalue weighted by atomic mass is 9.73. The third-order valence-corrected chi connectivity index (χ3v) is 6.91. The molecule has 0 amide bonds. The second kappa shape index (κ2) is 7.09. The number of benzene rings is 1. The first-order chi connectivity index (χ1) is 13.7. The zero-order chi connectivity index (χ0) is 20.9. The third kappa shape index (κ3) is 3.29. The van der Waals surface area contributed by atoms with Gasteiger partial charge in [0.15, 0.2) is 0 Å². The van der Waals surface area contributed by atoms with E-state index in [0.29, 0.717) is 11.9 Å². The fraction of sp³-hybridized carbons (Fsp3) is 0.524. The number of aromatic nitrogens is 2. The minimum atomic E-state index is -0.769. The van der Waals surface area contributed by atoms with Gasteiger partial charge in [0.25, 0.3) is 5.56 Å². The largest absolute Gasteiger partial charge is 0.383 e. The fourth-order valence-corrected chi connectivity index (χ4v) is 5.06. The van der Waals surface area contributed by atoms with E-state index in [4.69, 9.17) is 11.5 Å². The van der Waals surface area contributed by atoms with Gasteiger partial charge in [-0.3, -0.25) is 9.36 Å². The van der Waals surface area contributed by atoms with Crippen molar-refractivity contribution in [3.8, 4) is 11.1 Å². The summed E-state index contributed by atoms with van der Waals surface area (Å²) in [5.41, 5.74) is 12.4. The van der Waals surface area contributed by atoms with E-state index in [-0.39, 0.29) is 28.4 Å². The number of nitrogen functional groups attached to an aromatic ring is 1. The molecule has 4 N–H and O–H groups in total. The third-order valence-electron chi connectivity index (χ3n) is 6.91. The minimum absolute atomic E-state index is 0.00905. The van der Waals surface area contributed by atoms with Crippen molar-refractivity contribution in [3.05, 3.63) is 40.2 Å². The summed E-state index contributed by atoms with van der Waals surface area (Å²) >= 11 is 0. The fourth-order valence-electron chi connectivity index (χ4n) is 5.06. The number of piperidine rings is 1. The van der Waals surface area contributed by atoms with Crippen LogP contribution in [0.25, 0.3) is 11.1 Å². The van der Waals surface area contributed by atoms with Gasteiger partial charge in [0.1, 0.15) is 17.5 Å². The number of anilines is 2. The highest BCUT2D eigenvalue weighted by atomic mass is 19.1. The molecule has 2 aromatic rings. The van der Waals surface area contributed by atoms with Gasteiger partial charge in [-0.1, -0.05) is 6.92 Å². The van der Waals surface area contributed by atoms with Crippen molar-refractivity contribution in [1.82, 2.24) is 9.55 Å². The van der Waals surface area contributed by atoms with Crippen LogP contribution in [0.1, 0.15) is 32.6 Å². The van der Waals surface area contributed by atoms with E-state index in [9.17, 15) is 13.6 Å². The first-order valence-electron chi connectivity index (χ1n) is 10.1. The van der Waals surface area contributed by atoms with E-state index in [2.05, 4.69) is 16.8 Å². The second-order valence-corrected chi connectivity index (χ2v) is 8.59. The summed E-state index contributed by atoms with van der Waals surface area (Å²) in [6.07, 6.45) is 4.20. The Labute approximate surface area is 168 Å². The molecule has 2 fully saturated rings. The summed E-state index contributed by atoms with van der Waals surface area (Å²) in [5.74, 6) is -0.559. The molecule has 2 heterocycles. The molecule has 1 aliphatic heterocycles. The van der Waals surface area contributed by atoms with Crippen molar-refractivity contribution in [2.45, 2.75) is 38.6 Å². The Kier molecular flexibility index (Phi) is 4.85. The molecular weight excluding hydrogens is 376 g/mol. The zero-order valence-electron chi connectivity index (χ0n) is 16.8. The Hall–Kier alpha value is -2.48. The molecule has 29 heavy (non-hydrogen) atoms. The topological polar surface area (TPSA) is 90.2 Å². The van der Waals surface area contributed by atoms with Crippen LogP contribution in [0.15, 0.2) is 23.0 Å². The van der Waals surface area contributed by atoms with Gasteiger partial charge in [0.2, 0.25) is 5.95 Å². The van der Waals surface area contributed by atoms with Crippen molar-refractivity contribution in [3.63, 3.8) is 0 Å². The van der Waals surface area contributed by atoms with Gasteiger partial charge >= 0.3 is 0 Å². The Morgan fingerprint density at radius 2 is 1.76 bits per heavy atom. The van der Waals surface area contributed by atoms with E-state index in [0.717, 1.165) is 57.0 Å². The highest BCUT2D eigenvalue weighted by Gasteiger charge is 2.46. The Balaban J connectivity index is 1.64. The maximum atomic E-state index is 13.6. The van der Waals surface area contributed by atoms with Crippen LogP contribution in [-0.2, 0) is 7.05 Å². The molecule has 1 aliphatic carbocycles. The number of hydrogen-bond acceptors (Lipinski definition) is 5. The van der Waals surface area contributed by atoms with E-state index in [1.165, 1.54) is 4.57 Å². The highest BCUT2D eigenvalue weighted by Crippen LogP contribution is 2.48. The Morgan fingerprint density at radius 1 is 1.14 bits per heavy atom. The molecule has 4 rings (SSSR count). The summed E-state index contributed by atoms with van der Waals surface area (Å²) in [6, 6.07) is 3.14. The molecule has 2 aliphatic rings. The molecule has 8 heteroatoms. The Bertz CT molecular complexity index is 977. The van der Waals surface area contributed by atoms with E-state index >= 15 is 0 Å². The van der Waals surface area contributed by atoms with Gasteiger partial charge in [-0.2, -0.15) is 4.98 Å². The Morgan fingerprint density at radius 3 is 2.31 bits per heavy atom. The zero-order valence-corrected chi connectivity index (χ0v) is 16.8. The average molecular weight is 403 g/mol. The standard InChI is InChI=1S/C21H27F2N5O/c1-12-3-4-21(17(12)24)5-7-28(8-6-21)20-26-18(25)16(19(29)27(20)2)13-9-14(22)11-15(23)10-13/h9-12,17H,3-8,24-25H2,1-2H3/t12-,17-/m1/s1. The number of nitrogens with zero attached hydrogens (tertiary/aromatic N) is 3. The highest BCUT2D eigenvalue weighted by molar-refractivity contribution is 5.74. The van der Waals surface area contributed by atoms with E-state index < -0.39 is 17.2 Å². The number of nitrogens with two attached hydrogens (primary N) is 2. The molecule has 1 aromatic carbocycles. The summed E-state index contributed by atoms with van der Waals surface area (Å²) in [4.78, 5) is 19.5. The van der Waals surface area contributed by atoms with Crippen molar-refractivity contribution in [2.24, 2.45) is 24.1 Å². The van der Waals surface area contributed by atoms with E-state index in [1.807, 2.05) is 0 Å². The van der Waals surface area contributed by atoms with Crippen LogP contribution < -0.4 is 21.9 Å². The van der Waals surface area contributed by atoms with Crippen LogP contribution in [0.2, 0.25) is 0 Å². The van der Waals surface area contributed by atoms with Crippen LogP contribution in [-0.4, -0.2) is 28.7 Å². The molecule has 156 valence electrons. The predicted octanol–water partition coefficient (Wildman–Crippen LogP) is 2.65. The van der Waals surface area contributed by atoms with Gasteiger partial charge in [-0.25, -0.2) is 8.78 Å². The predicted molar refractivity (Wildman–Crippen MR) is 109 cm³/mol. The summed E-state index contributed by atoms with van der Waals surface area (Å²) in [5, 5.41) is 0. The lowest BCUT2D eigenvalue weighted by molar-refractivity contribution is 0.185. The van der Waals surface area contributed by atoms with Gasteiger partial charge < -0.3 is 16.4 Å². The van der Waals surface area contributed by atoms with Crippen LogP contribution in [0.5, 0.6) is 0 Å². The van der Waals surface area contributed by atoms with Crippen molar-refractivity contribution in [1.29, 1.82) is 0 Å². The summed E-state index contributed by atoms with van der Waals surface area (Å²) < 4.78 is 28.7. The number of hydrogen-bond donors (Lipinski definition) is 2. The quantitative estimate of drug-likeness (QED) is 0.805. The smallest absolute Gasteiger partial charge is 0.264 e. The summed E-state index contributed by atoms with van der Waals surface area (Å²) in [6.45, 7) is 3.70.